The van der Waals surface area contributed by atoms with Crippen LogP contribution in [0.2, 0.25) is 0 Å². The average molecular weight is 289 g/mol. The van der Waals surface area contributed by atoms with Crippen molar-refractivity contribution in [2.75, 3.05) is 19.5 Å². The molecule has 110 valence electrons. The van der Waals surface area contributed by atoms with E-state index in [4.69, 9.17) is 9.47 Å². The molecule has 4 nitrogen and oxygen atoms in total. The first-order chi connectivity index (χ1) is 10.0. The highest BCUT2D eigenvalue weighted by Crippen LogP contribution is 2.31. The minimum atomic E-state index is -0.483. The lowest BCUT2D eigenvalue weighted by atomic mass is 10.0. The van der Waals surface area contributed by atoms with E-state index in [-0.39, 0.29) is 11.6 Å². The first-order valence-electron chi connectivity index (χ1n) is 6.34. The van der Waals surface area contributed by atoms with Crippen molar-refractivity contribution in [1.29, 1.82) is 0 Å². The topological polar surface area (TPSA) is 47.6 Å². The van der Waals surface area contributed by atoms with Crippen LogP contribution in [0.3, 0.4) is 0 Å². The van der Waals surface area contributed by atoms with Gasteiger partial charge in [-0.15, -0.1) is 0 Å². The largest absolute Gasteiger partial charge is 0.497 e. The van der Waals surface area contributed by atoms with Crippen molar-refractivity contribution in [2.24, 2.45) is 0 Å². The summed E-state index contributed by atoms with van der Waals surface area (Å²) in [6.07, 6.45) is 0. The number of amides is 1. The second kappa shape index (κ2) is 6.26. The zero-order valence-electron chi connectivity index (χ0n) is 12.1. The molecule has 0 radical (unpaired) electrons. The van der Waals surface area contributed by atoms with Crippen LogP contribution in [-0.2, 0) is 4.79 Å². The Morgan fingerprint density at radius 2 is 1.62 bits per heavy atom. The van der Waals surface area contributed by atoms with Crippen LogP contribution in [0.1, 0.15) is 6.92 Å². The summed E-state index contributed by atoms with van der Waals surface area (Å²) < 4.78 is 24.1. The normalized spacial score (nSPS) is 10.1. The summed E-state index contributed by atoms with van der Waals surface area (Å²) in [5.74, 6) is 0.461. The van der Waals surface area contributed by atoms with Crippen LogP contribution in [-0.4, -0.2) is 20.1 Å². The Balaban J connectivity index is 2.48. The van der Waals surface area contributed by atoms with Gasteiger partial charge in [0.2, 0.25) is 5.91 Å². The number of methoxy groups -OCH3 is 2. The minimum Gasteiger partial charge on any atom is -0.497 e. The van der Waals surface area contributed by atoms with Crippen LogP contribution in [0.25, 0.3) is 11.1 Å². The van der Waals surface area contributed by atoms with Gasteiger partial charge in [0.05, 0.1) is 19.9 Å². The Hall–Kier alpha value is -2.56. The quantitative estimate of drug-likeness (QED) is 0.937. The molecule has 1 amide bonds. The van der Waals surface area contributed by atoms with Crippen molar-refractivity contribution in [3.63, 3.8) is 0 Å². The van der Waals surface area contributed by atoms with Crippen molar-refractivity contribution in [2.45, 2.75) is 6.92 Å². The summed E-state index contributed by atoms with van der Waals surface area (Å²) in [6.45, 7) is 1.33. The van der Waals surface area contributed by atoms with Crippen molar-refractivity contribution < 1.29 is 18.7 Å². The van der Waals surface area contributed by atoms with Gasteiger partial charge in [0.1, 0.15) is 17.3 Å². The number of hydrogen-bond acceptors (Lipinski definition) is 3. The fourth-order valence-corrected chi connectivity index (χ4v) is 1.96. The molecule has 0 aliphatic heterocycles. The molecule has 1 N–H and O–H groups in total. The molecule has 0 atom stereocenters. The summed E-state index contributed by atoms with van der Waals surface area (Å²) >= 11 is 0. The molecule has 0 unspecified atom stereocenters. The Morgan fingerprint density at radius 3 is 2.14 bits per heavy atom. The summed E-state index contributed by atoms with van der Waals surface area (Å²) in [6, 6.07) is 9.90. The first-order valence-corrected chi connectivity index (χ1v) is 6.34. The molecular weight excluding hydrogens is 273 g/mol. The number of hydrogen-bond donors (Lipinski definition) is 1. The summed E-state index contributed by atoms with van der Waals surface area (Å²) in [4.78, 5) is 11.1. The molecular formula is C16H16FNO3. The second-order valence-corrected chi connectivity index (χ2v) is 4.48. The lowest BCUT2D eigenvalue weighted by Gasteiger charge is -2.11. The SMILES string of the molecule is COc1cc(OC)cc(-c2ccc(F)c(NC(C)=O)c2)c1. The number of rotatable bonds is 4. The predicted molar refractivity (Wildman–Crippen MR) is 79.2 cm³/mol. The van der Waals surface area contributed by atoms with Crippen LogP contribution in [0.4, 0.5) is 10.1 Å². The van der Waals surface area contributed by atoms with Gasteiger partial charge in [0.25, 0.3) is 0 Å². The van der Waals surface area contributed by atoms with Crippen molar-refractivity contribution in [1.82, 2.24) is 0 Å². The van der Waals surface area contributed by atoms with Crippen LogP contribution < -0.4 is 14.8 Å². The zero-order valence-corrected chi connectivity index (χ0v) is 12.1. The Morgan fingerprint density at radius 1 is 1.00 bits per heavy atom. The number of halogens is 1. The third kappa shape index (κ3) is 3.51. The van der Waals surface area contributed by atoms with E-state index in [1.165, 1.54) is 13.0 Å². The molecule has 2 rings (SSSR count). The molecule has 0 saturated carbocycles. The molecule has 0 fully saturated rings. The molecule has 0 saturated heterocycles. The van der Waals surface area contributed by atoms with Gasteiger partial charge in [0, 0.05) is 13.0 Å². The lowest BCUT2D eigenvalue weighted by Crippen LogP contribution is -2.07. The van der Waals surface area contributed by atoms with Gasteiger partial charge in [-0.2, -0.15) is 0 Å². The monoisotopic (exact) mass is 289 g/mol. The minimum absolute atomic E-state index is 0.141. The van der Waals surface area contributed by atoms with Gasteiger partial charge in [-0.1, -0.05) is 6.07 Å². The third-order valence-electron chi connectivity index (χ3n) is 2.96. The zero-order chi connectivity index (χ0) is 15.4. The van der Waals surface area contributed by atoms with Gasteiger partial charge < -0.3 is 14.8 Å². The molecule has 0 aliphatic rings. The number of anilines is 1. The average Bonchev–Trinajstić information content (AvgIpc) is 2.48. The van der Waals surface area contributed by atoms with Crippen LogP contribution >= 0.6 is 0 Å². The molecule has 0 aromatic heterocycles. The highest BCUT2D eigenvalue weighted by molar-refractivity contribution is 5.89. The third-order valence-corrected chi connectivity index (χ3v) is 2.96. The van der Waals surface area contributed by atoms with Crippen molar-refractivity contribution >= 4 is 11.6 Å². The number of carbonyl (C=O) groups excluding carboxylic acids is 1. The first kappa shape index (κ1) is 14.8. The molecule has 2 aromatic carbocycles. The Bertz CT molecular complexity index is 648. The molecule has 0 spiro atoms. The number of nitrogens with one attached hydrogen (secondary N) is 1. The van der Waals surface area contributed by atoms with Crippen LogP contribution in [0, 0.1) is 5.82 Å². The second-order valence-electron chi connectivity index (χ2n) is 4.48. The number of benzene rings is 2. The summed E-state index contributed by atoms with van der Waals surface area (Å²) in [5.41, 5.74) is 1.69. The molecule has 0 heterocycles. The van der Waals surface area contributed by atoms with E-state index in [1.807, 2.05) is 12.1 Å². The number of ether oxygens (including phenoxy) is 2. The summed E-state index contributed by atoms with van der Waals surface area (Å²) in [5, 5.41) is 2.46. The van der Waals surface area contributed by atoms with Crippen molar-refractivity contribution in [3.05, 3.63) is 42.2 Å². The molecule has 21 heavy (non-hydrogen) atoms. The highest BCUT2D eigenvalue weighted by atomic mass is 19.1. The van der Waals surface area contributed by atoms with E-state index >= 15 is 0 Å². The van der Waals surface area contributed by atoms with E-state index in [9.17, 15) is 9.18 Å². The van der Waals surface area contributed by atoms with Gasteiger partial charge in [-0.25, -0.2) is 4.39 Å². The maximum absolute atomic E-state index is 13.7. The Kier molecular flexibility index (Phi) is 4.42. The van der Waals surface area contributed by atoms with Gasteiger partial charge in [0.15, 0.2) is 0 Å². The van der Waals surface area contributed by atoms with Crippen LogP contribution in [0.5, 0.6) is 11.5 Å². The van der Waals surface area contributed by atoms with E-state index in [0.717, 1.165) is 11.1 Å². The molecule has 0 bridgehead atoms. The molecule has 5 heteroatoms. The smallest absolute Gasteiger partial charge is 0.221 e. The molecule has 2 aromatic rings. The Labute approximate surface area is 122 Å². The highest BCUT2D eigenvalue weighted by Gasteiger charge is 2.09. The fourth-order valence-electron chi connectivity index (χ4n) is 1.96. The van der Waals surface area contributed by atoms with Gasteiger partial charge in [-0.05, 0) is 35.4 Å². The van der Waals surface area contributed by atoms with E-state index in [0.29, 0.717) is 11.5 Å². The van der Waals surface area contributed by atoms with Crippen molar-refractivity contribution in [3.8, 4) is 22.6 Å². The predicted octanol–water partition coefficient (Wildman–Crippen LogP) is 3.47. The van der Waals surface area contributed by atoms with Gasteiger partial charge >= 0.3 is 0 Å². The van der Waals surface area contributed by atoms with Crippen LogP contribution in [0.15, 0.2) is 36.4 Å². The maximum atomic E-state index is 13.7. The fraction of sp³-hybridized carbons (Fsp3) is 0.188. The van der Waals surface area contributed by atoms with E-state index in [1.54, 1.807) is 32.4 Å². The van der Waals surface area contributed by atoms with E-state index in [2.05, 4.69) is 5.32 Å². The lowest BCUT2D eigenvalue weighted by molar-refractivity contribution is -0.114. The summed E-state index contributed by atoms with van der Waals surface area (Å²) in [7, 11) is 3.12. The number of carbonyl (C=O) groups is 1. The van der Waals surface area contributed by atoms with E-state index < -0.39 is 5.82 Å². The molecule has 0 aliphatic carbocycles. The van der Waals surface area contributed by atoms with Gasteiger partial charge in [-0.3, -0.25) is 4.79 Å². The maximum Gasteiger partial charge on any atom is 0.221 e. The standard InChI is InChI=1S/C16H16FNO3/c1-10(19)18-16-8-11(4-5-15(16)17)12-6-13(20-2)9-14(7-12)21-3/h4-9H,1-3H3,(H,18,19).